The van der Waals surface area contributed by atoms with Crippen LogP contribution in [0.1, 0.15) is 42.1 Å². The molecule has 0 spiro atoms. The minimum Gasteiger partial charge on any atom is -0.454 e. The summed E-state index contributed by atoms with van der Waals surface area (Å²) in [6, 6.07) is 12.3. The molecule has 0 saturated carbocycles. The Morgan fingerprint density at radius 2 is 1.80 bits per heavy atom. The number of nitrogens with one attached hydrogen (secondary N) is 2. The van der Waals surface area contributed by atoms with Crippen molar-refractivity contribution in [2.24, 2.45) is 0 Å². The van der Waals surface area contributed by atoms with Crippen LogP contribution in [-0.2, 0) is 14.3 Å². The monoisotopic (exact) mass is 412 g/mol. The third kappa shape index (κ3) is 5.50. The van der Waals surface area contributed by atoms with Gasteiger partial charge >= 0.3 is 5.97 Å². The topological polar surface area (TPSA) is 103 Å². The SMILES string of the molecule is CC[C@@H](C)c1ccc(NC(=O)COC(=O)CNC(=O)c2ccc3c(c2)OCO3)cc1. The molecule has 0 saturated heterocycles. The van der Waals surface area contributed by atoms with E-state index in [4.69, 9.17) is 14.2 Å². The van der Waals surface area contributed by atoms with Gasteiger partial charge in [0, 0.05) is 11.3 Å². The van der Waals surface area contributed by atoms with Crippen molar-refractivity contribution in [2.75, 3.05) is 25.3 Å². The molecule has 0 fully saturated rings. The quantitative estimate of drug-likeness (QED) is 0.647. The second-order valence-electron chi connectivity index (χ2n) is 6.89. The zero-order valence-electron chi connectivity index (χ0n) is 16.9. The summed E-state index contributed by atoms with van der Waals surface area (Å²) in [7, 11) is 0. The van der Waals surface area contributed by atoms with E-state index in [2.05, 4.69) is 24.5 Å². The second-order valence-corrected chi connectivity index (χ2v) is 6.89. The number of benzene rings is 2. The molecule has 0 unspecified atom stereocenters. The smallest absolute Gasteiger partial charge is 0.325 e. The van der Waals surface area contributed by atoms with Gasteiger partial charge < -0.3 is 24.8 Å². The zero-order valence-corrected chi connectivity index (χ0v) is 16.9. The largest absolute Gasteiger partial charge is 0.454 e. The van der Waals surface area contributed by atoms with Crippen molar-refractivity contribution in [1.82, 2.24) is 5.32 Å². The molecule has 2 N–H and O–H groups in total. The highest BCUT2D eigenvalue weighted by molar-refractivity contribution is 5.97. The summed E-state index contributed by atoms with van der Waals surface area (Å²) < 4.78 is 15.3. The normalized spacial score (nSPS) is 12.7. The Morgan fingerprint density at radius 1 is 1.07 bits per heavy atom. The number of esters is 1. The maximum absolute atomic E-state index is 12.1. The minimum atomic E-state index is -0.716. The number of anilines is 1. The Hall–Kier alpha value is -3.55. The van der Waals surface area contributed by atoms with Crippen molar-refractivity contribution in [1.29, 1.82) is 0 Å². The summed E-state index contributed by atoms with van der Waals surface area (Å²) in [6.45, 7) is 3.57. The van der Waals surface area contributed by atoms with Crippen LogP contribution in [0.3, 0.4) is 0 Å². The van der Waals surface area contributed by atoms with Gasteiger partial charge in [-0.1, -0.05) is 26.0 Å². The van der Waals surface area contributed by atoms with Gasteiger partial charge in [-0.2, -0.15) is 0 Å². The van der Waals surface area contributed by atoms with Crippen LogP contribution in [0, 0.1) is 0 Å². The lowest BCUT2D eigenvalue weighted by atomic mass is 9.99. The van der Waals surface area contributed by atoms with E-state index in [0.717, 1.165) is 6.42 Å². The van der Waals surface area contributed by atoms with Gasteiger partial charge in [-0.05, 0) is 48.2 Å². The Kier molecular flexibility index (Phi) is 6.90. The molecule has 1 aliphatic heterocycles. The molecule has 2 aromatic rings. The molecule has 1 aliphatic rings. The van der Waals surface area contributed by atoms with Crippen LogP contribution in [0.2, 0.25) is 0 Å². The van der Waals surface area contributed by atoms with Crippen LogP contribution in [0.15, 0.2) is 42.5 Å². The summed E-state index contributed by atoms with van der Waals surface area (Å²) in [5.41, 5.74) is 2.14. The van der Waals surface area contributed by atoms with E-state index in [-0.39, 0.29) is 13.3 Å². The van der Waals surface area contributed by atoms with E-state index < -0.39 is 24.4 Å². The van der Waals surface area contributed by atoms with Gasteiger partial charge in [-0.3, -0.25) is 14.4 Å². The van der Waals surface area contributed by atoms with Crippen LogP contribution in [0.25, 0.3) is 0 Å². The number of amides is 2. The Morgan fingerprint density at radius 3 is 2.53 bits per heavy atom. The predicted molar refractivity (Wildman–Crippen MR) is 110 cm³/mol. The highest BCUT2D eigenvalue weighted by Gasteiger charge is 2.17. The maximum atomic E-state index is 12.1. The number of hydrogen-bond acceptors (Lipinski definition) is 6. The summed E-state index contributed by atoms with van der Waals surface area (Å²) in [4.78, 5) is 35.9. The van der Waals surface area contributed by atoms with Crippen molar-refractivity contribution >= 4 is 23.5 Å². The molecule has 158 valence electrons. The van der Waals surface area contributed by atoms with Crippen LogP contribution < -0.4 is 20.1 Å². The van der Waals surface area contributed by atoms with E-state index in [0.29, 0.717) is 28.7 Å². The van der Waals surface area contributed by atoms with Gasteiger partial charge in [0.15, 0.2) is 18.1 Å². The van der Waals surface area contributed by atoms with E-state index >= 15 is 0 Å². The van der Waals surface area contributed by atoms with Gasteiger partial charge in [0.05, 0.1) is 0 Å². The Bertz CT molecular complexity index is 926. The molecule has 3 rings (SSSR count). The third-order valence-corrected chi connectivity index (χ3v) is 4.77. The van der Waals surface area contributed by atoms with Gasteiger partial charge in [-0.25, -0.2) is 0 Å². The molecule has 2 aromatic carbocycles. The average molecular weight is 412 g/mol. The molecular formula is C22H24N2O6. The van der Waals surface area contributed by atoms with Crippen LogP contribution in [0.4, 0.5) is 5.69 Å². The zero-order chi connectivity index (χ0) is 21.5. The molecular weight excluding hydrogens is 388 g/mol. The number of rotatable bonds is 8. The highest BCUT2D eigenvalue weighted by atomic mass is 16.7. The fourth-order valence-electron chi connectivity index (χ4n) is 2.82. The summed E-state index contributed by atoms with van der Waals surface area (Å²) in [5, 5.41) is 5.11. The van der Waals surface area contributed by atoms with Crippen LogP contribution in [0.5, 0.6) is 11.5 Å². The van der Waals surface area contributed by atoms with Crippen LogP contribution >= 0.6 is 0 Å². The first kappa shape index (κ1) is 21.2. The predicted octanol–water partition coefficient (Wildman–Crippen LogP) is 2.84. The second kappa shape index (κ2) is 9.78. The van der Waals surface area contributed by atoms with Gasteiger partial charge in [0.2, 0.25) is 6.79 Å². The number of carbonyl (C=O) groups is 3. The molecule has 0 radical (unpaired) electrons. The Labute approximate surface area is 174 Å². The lowest BCUT2D eigenvalue weighted by Gasteiger charge is -2.11. The standard InChI is InChI=1S/C22H24N2O6/c1-3-14(2)15-4-7-17(8-5-15)24-20(25)12-28-21(26)11-23-22(27)16-6-9-18-19(10-16)30-13-29-18/h4-10,14H,3,11-13H2,1-2H3,(H,23,27)(H,24,25)/t14-/m1/s1. The molecule has 0 aliphatic carbocycles. The van der Waals surface area contributed by atoms with Gasteiger partial charge in [0.1, 0.15) is 6.54 Å². The van der Waals surface area contributed by atoms with E-state index in [1.54, 1.807) is 12.1 Å². The summed E-state index contributed by atoms with van der Waals surface area (Å²) in [5.74, 6) is -0.154. The van der Waals surface area contributed by atoms with E-state index in [1.165, 1.54) is 11.6 Å². The number of hydrogen-bond donors (Lipinski definition) is 2. The average Bonchev–Trinajstić information content (AvgIpc) is 3.24. The molecule has 2 amide bonds. The van der Waals surface area contributed by atoms with E-state index in [9.17, 15) is 14.4 Å². The third-order valence-electron chi connectivity index (χ3n) is 4.77. The van der Waals surface area contributed by atoms with Crippen molar-refractivity contribution in [3.63, 3.8) is 0 Å². The molecule has 8 heteroatoms. The first-order valence-corrected chi connectivity index (χ1v) is 9.69. The summed E-state index contributed by atoms with van der Waals surface area (Å²) >= 11 is 0. The van der Waals surface area contributed by atoms with Gasteiger partial charge in [0.25, 0.3) is 11.8 Å². The molecule has 1 heterocycles. The van der Waals surface area contributed by atoms with Crippen molar-refractivity contribution < 1.29 is 28.6 Å². The molecule has 1 atom stereocenters. The molecule has 0 bridgehead atoms. The summed E-state index contributed by atoms with van der Waals surface area (Å²) in [6.07, 6.45) is 1.03. The fraction of sp³-hybridized carbons (Fsp3) is 0.318. The highest BCUT2D eigenvalue weighted by Crippen LogP contribution is 2.32. The lowest BCUT2D eigenvalue weighted by molar-refractivity contribution is -0.146. The van der Waals surface area contributed by atoms with Crippen molar-refractivity contribution in [2.45, 2.75) is 26.2 Å². The Balaban J connectivity index is 1.39. The first-order valence-electron chi connectivity index (χ1n) is 9.69. The van der Waals surface area contributed by atoms with Crippen LogP contribution in [-0.4, -0.2) is 37.7 Å². The fourth-order valence-corrected chi connectivity index (χ4v) is 2.82. The number of fused-ring (bicyclic) bond motifs is 1. The minimum absolute atomic E-state index is 0.108. The number of carbonyl (C=O) groups excluding carboxylic acids is 3. The molecule has 8 nitrogen and oxygen atoms in total. The first-order chi connectivity index (χ1) is 14.5. The number of ether oxygens (including phenoxy) is 3. The molecule has 30 heavy (non-hydrogen) atoms. The lowest BCUT2D eigenvalue weighted by Crippen LogP contribution is -2.32. The van der Waals surface area contributed by atoms with Gasteiger partial charge in [-0.15, -0.1) is 0 Å². The van der Waals surface area contributed by atoms with Crippen molar-refractivity contribution in [3.8, 4) is 11.5 Å². The molecule has 0 aromatic heterocycles. The van der Waals surface area contributed by atoms with Crippen molar-refractivity contribution in [3.05, 3.63) is 53.6 Å². The maximum Gasteiger partial charge on any atom is 0.325 e. The van der Waals surface area contributed by atoms with E-state index in [1.807, 2.05) is 24.3 Å².